The lowest BCUT2D eigenvalue weighted by molar-refractivity contribution is 0.959. The number of nitrogens with zero attached hydrogens (tertiary/aromatic N) is 2. The maximum absolute atomic E-state index is 2.62. The number of benzene rings is 5. The summed E-state index contributed by atoms with van der Waals surface area (Å²) in [5, 5.41) is 1.36. The van der Waals surface area contributed by atoms with Crippen molar-refractivity contribution in [2.75, 3.05) is 9.13 Å². The van der Waals surface area contributed by atoms with Crippen LogP contribution in [0.4, 0.5) is 11.4 Å². The predicted octanol–water partition coefficient (Wildman–Crippen LogP) is 6.80. The fourth-order valence-corrected chi connectivity index (χ4v) is 7.23. The Labute approximate surface area is 210 Å². The van der Waals surface area contributed by atoms with Gasteiger partial charge in [-0.2, -0.15) is 0 Å². The van der Waals surface area contributed by atoms with Crippen LogP contribution in [-0.4, -0.2) is 9.12 Å². The Morgan fingerprint density at radius 3 is 1.06 bits per heavy atom. The van der Waals surface area contributed by atoms with Crippen LogP contribution >= 0.6 is 0 Å². The summed E-state index contributed by atoms with van der Waals surface area (Å²) >= 11 is 0. The Kier molecular flexibility index (Phi) is 7.37. The normalized spacial score (nSPS) is 10.8. The van der Waals surface area contributed by atoms with Gasteiger partial charge in [-0.3, -0.25) is 0 Å². The first kappa shape index (κ1) is 22.7. The molecule has 3 heteroatoms. The van der Waals surface area contributed by atoms with Crippen molar-refractivity contribution in [2.45, 2.75) is 13.1 Å². The fourth-order valence-electron chi connectivity index (χ4n) is 4.37. The molecule has 0 N–H and O–H groups in total. The van der Waals surface area contributed by atoms with E-state index in [9.17, 15) is 0 Å². The van der Waals surface area contributed by atoms with Crippen molar-refractivity contribution in [3.63, 3.8) is 0 Å². The summed E-state index contributed by atoms with van der Waals surface area (Å²) in [5.41, 5.74) is 5.09. The second-order valence-electron chi connectivity index (χ2n) is 8.50. The van der Waals surface area contributed by atoms with Crippen molar-refractivity contribution in [1.82, 2.24) is 0 Å². The monoisotopic (exact) mass is 469 g/mol. The van der Waals surface area contributed by atoms with Gasteiger partial charge >= 0.3 is 9.12 Å². The Morgan fingerprint density at radius 1 is 0.371 bits per heavy atom. The highest BCUT2D eigenvalue weighted by Crippen LogP contribution is 2.25. The Morgan fingerprint density at radius 2 is 0.686 bits per heavy atom. The fraction of sp³-hybridized carbons (Fsp3) is 0.0625. The van der Waals surface area contributed by atoms with Gasteiger partial charge in [0.2, 0.25) is 0 Å². The number of hydrogen-bond acceptors (Lipinski definition) is 2. The van der Waals surface area contributed by atoms with Crippen molar-refractivity contribution in [1.29, 1.82) is 0 Å². The minimum absolute atomic E-state index is 0.839. The zero-order valence-electron chi connectivity index (χ0n) is 19.7. The van der Waals surface area contributed by atoms with Crippen molar-refractivity contribution in [2.24, 2.45) is 0 Å². The third-order valence-corrected chi connectivity index (χ3v) is 8.75. The first-order valence-corrected chi connectivity index (χ1v) is 13.4. The zero-order valence-corrected chi connectivity index (χ0v) is 20.7. The number of para-hydroxylation sites is 2. The minimum Gasteiger partial charge on any atom is -0.373 e. The molecule has 0 spiro atoms. The van der Waals surface area contributed by atoms with Crippen LogP contribution in [0.15, 0.2) is 152 Å². The third kappa shape index (κ3) is 5.71. The molecule has 0 saturated heterocycles. The summed E-state index contributed by atoms with van der Waals surface area (Å²) in [4.78, 5) is 0. The molecule has 5 aromatic carbocycles. The lowest BCUT2D eigenvalue weighted by atomic mass is 10.2. The van der Waals surface area contributed by atoms with Gasteiger partial charge in [-0.15, -0.1) is 0 Å². The Balaban J connectivity index is 1.67. The van der Waals surface area contributed by atoms with E-state index in [-0.39, 0.29) is 0 Å². The van der Waals surface area contributed by atoms with E-state index in [1.807, 2.05) is 0 Å². The van der Waals surface area contributed by atoms with E-state index in [2.05, 4.69) is 161 Å². The molecule has 0 fully saturated rings. The highest BCUT2D eigenvalue weighted by Gasteiger charge is 2.32. The Bertz CT molecular complexity index is 1200. The van der Waals surface area contributed by atoms with Crippen LogP contribution in [0.25, 0.3) is 0 Å². The maximum atomic E-state index is 2.62. The van der Waals surface area contributed by atoms with E-state index in [0.717, 1.165) is 13.1 Å². The number of anilines is 2. The molecule has 171 valence electrons. The molecular formula is C32H29N2Si. The molecule has 0 aliphatic heterocycles. The van der Waals surface area contributed by atoms with E-state index in [1.165, 1.54) is 27.7 Å². The van der Waals surface area contributed by atoms with Crippen molar-refractivity contribution in [3.05, 3.63) is 163 Å². The van der Waals surface area contributed by atoms with Crippen LogP contribution < -0.4 is 14.3 Å². The Hall–Kier alpha value is -4.08. The molecule has 35 heavy (non-hydrogen) atoms. The van der Waals surface area contributed by atoms with Crippen molar-refractivity contribution in [3.8, 4) is 0 Å². The lowest BCUT2D eigenvalue weighted by Gasteiger charge is -2.40. The number of rotatable bonds is 9. The lowest BCUT2D eigenvalue weighted by Crippen LogP contribution is -2.60. The van der Waals surface area contributed by atoms with Crippen molar-refractivity contribution < 1.29 is 0 Å². The zero-order chi connectivity index (χ0) is 23.7. The summed E-state index contributed by atoms with van der Waals surface area (Å²) < 4.78 is 5.23. The predicted molar refractivity (Wildman–Crippen MR) is 150 cm³/mol. The summed E-state index contributed by atoms with van der Waals surface area (Å²) in [6.45, 7) is 1.68. The molecule has 0 unspecified atom stereocenters. The second-order valence-corrected chi connectivity index (χ2v) is 10.8. The molecule has 0 heterocycles. The van der Waals surface area contributed by atoms with Gasteiger partial charge in [0, 0.05) is 24.5 Å². The number of hydrogen-bond donors (Lipinski definition) is 0. The molecule has 0 amide bonds. The van der Waals surface area contributed by atoms with Gasteiger partial charge in [0.1, 0.15) is 0 Å². The third-order valence-electron chi connectivity index (χ3n) is 6.05. The molecule has 0 aliphatic rings. The highest BCUT2D eigenvalue weighted by molar-refractivity contribution is 6.79. The topological polar surface area (TPSA) is 6.48 Å². The van der Waals surface area contributed by atoms with Gasteiger partial charge in [0.25, 0.3) is 0 Å². The summed E-state index contributed by atoms with van der Waals surface area (Å²) in [7, 11) is -1.43. The average molecular weight is 470 g/mol. The molecular weight excluding hydrogens is 440 g/mol. The van der Waals surface area contributed by atoms with Crippen LogP contribution in [-0.2, 0) is 13.1 Å². The smallest absolute Gasteiger partial charge is 0.336 e. The molecule has 0 saturated carbocycles. The molecule has 1 radical (unpaired) electrons. The first-order valence-electron chi connectivity index (χ1n) is 12.0. The van der Waals surface area contributed by atoms with Gasteiger partial charge < -0.3 is 9.13 Å². The maximum Gasteiger partial charge on any atom is 0.336 e. The van der Waals surface area contributed by atoms with Crippen LogP contribution in [0.3, 0.4) is 0 Å². The minimum atomic E-state index is -1.43. The second kappa shape index (κ2) is 11.4. The molecule has 2 nitrogen and oxygen atoms in total. The largest absolute Gasteiger partial charge is 0.373 e. The molecule has 5 rings (SSSR count). The van der Waals surface area contributed by atoms with Crippen LogP contribution in [0, 0.1) is 0 Å². The highest BCUT2D eigenvalue weighted by atomic mass is 28.3. The van der Waals surface area contributed by atoms with Crippen LogP contribution in [0.2, 0.25) is 0 Å². The molecule has 0 bridgehead atoms. The average Bonchev–Trinajstić information content (AvgIpc) is 2.95. The molecule has 0 atom stereocenters. The van der Waals surface area contributed by atoms with Gasteiger partial charge in [-0.1, -0.05) is 127 Å². The van der Waals surface area contributed by atoms with Crippen LogP contribution in [0.1, 0.15) is 11.1 Å². The molecule has 0 aliphatic carbocycles. The van der Waals surface area contributed by atoms with E-state index < -0.39 is 9.12 Å². The molecule has 0 aromatic heterocycles. The first-order chi connectivity index (χ1) is 17.4. The van der Waals surface area contributed by atoms with Crippen molar-refractivity contribution >= 4 is 25.7 Å². The van der Waals surface area contributed by atoms with Gasteiger partial charge in [-0.25, -0.2) is 0 Å². The van der Waals surface area contributed by atoms with Crippen LogP contribution in [0.5, 0.6) is 0 Å². The summed E-state index contributed by atoms with van der Waals surface area (Å²) in [5.74, 6) is 0. The summed E-state index contributed by atoms with van der Waals surface area (Å²) in [6.07, 6.45) is 0. The molecule has 5 aromatic rings. The summed E-state index contributed by atoms with van der Waals surface area (Å²) in [6, 6.07) is 54.3. The van der Waals surface area contributed by atoms with Gasteiger partial charge in [0.05, 0.1) is 0 Å². The van der Waals surface area contributed by atoms with Gasteiger partial charge in [-0.05, 0) is 40.6 Å². The van der Waals surface area contributed by atoms with E-state index in [0.29, 0.717) is 0 Å². The van der Waals surface area contributed by atoms with E-state index in [4.69, 9.17) is 0 Å². The SMILES string of the molecule is c1ccc(CN(c2ccccc2)[Si](c2ccccc2)N(Cc2ccccc2)c2ccccc2)cc1. The standard InChI is InChI=1S/C32H29N2Si/c1-6-16-28(17-7-1)26-33(30-20-10-3-11-21-30)35(32-24-14-5-15-25-32)34(31-22-12-4-13-23-31)27-29-18-8-2-9-19-29/h1-25H,26-27H2. The van der Waals surface area contributed by atoms with Gasteiger partial charge in [0.15, 0.2) is 0 Å². The quantitative estimate of drug-likeness (QED) is 0.219. The van der Waals surface area contributed by atoms with E-state index >= 15 is 0 Å². The van der Waals surface area contributed by atoms with E-state index in [1.54, 1.807) is 0 Å².